The number of hydrogen-bond acceptors (Lipinski definition) is 5. The molecule has 0 fully saturated rings. The summed E-state index contributed by atoms with van der Waals surface area (Å²) in [5.74, 6) is 0.0277. The zero-order chi connectivity index (χ0) is 17.9. The first-order valence-corrected chi connectivity index (χ1v) is 8.90. The minimum atomic E-state index is 0.0277. The van der Waals surface area contributed by atoms with Gasteiger partial charge in [0.25, 0.3) is 0 Å². The molecule has 0 amide bonds. The molecule has 0 saturated carbocycles. The highest BCUT2D eigenvalue weighted by atomic mass is 32.1. The molecule has 4 aromatic rings. The van der Waals surface area contributed by atoms with Crippen LogP contribution in [0.1, 0.15) is 5.69 Å². The van der Waals surface area contributed by atoms with E-state index in [1.807, 2.05) is 53.2 Å². The van der Waals surface area contributed by atoms with Crippen molar-refractivity contribution in [2.24, 2.45) is 0 Å². The van der Waals surface area contributed by atoms with Crippen molar-refractivity contribution in [3.05, 3.63) is 77.2 Å². The van der Waals surface area contributed by atoms with Crippen LogP contribution < -0.4 is 0 Å². The number of aromatic hydroxyl groups is 1. The Hall–Kier alpha value is -3.49. The van der Waals surface area contributed by atoms with Gasteiger partial charge in [-0.1, -0.05) is 36.4 Å². The largest absolute Gasteiger partial charge is 0.505 e. The molecule has 0 spiro atoms. The Balaban J connectivity index is 2.10. The number of nitriles is 1. The number of thiophene rings is 1. The third-order valence-electron chi connectivity index (χ3n) is 4.06. The zero-order valence-corrected chi connectivity index (χ0v) is 14.4. The maximum absolute atomic E-state index is 11.1. The molecule has 124 valence electrons. The maximum Gasteiger partial charge on any atom is 0.152 e. The molecular weight excluding hydrogens is 342 g/mol. The van der Waals surface area contributed by atoms with Gasteiger partial charge in [-0.05, 0) is 40.1 Å². The molecule has 0 aliphatic heterocycles. The third kappa shape index (κ3) is 2.73. The van der Waals surface area contributed by atoms with Crippen molar-refractivity contribution in [2.75, 3.05) is 0 Å². The van der Waals surface area contributed by atoms with E-state index in [1.165, 1.54) is 11.3 Å². The van der Waals surface area contributed by atoms with E-state index < -0.39 is 0 Å². The first-order chi connectivity index (χ1) is 12.8. The standard InChI is InChI=1S/C21H13N3OS/c22-12-17-18(14-6-2-1-3-7-14)19(15-9-11-26-13-15)21(25)20(24-17)16-8-4-5-10-23-16/h1-11,13,25H. The second-order valence-corrected chi connectivity index (χ2v) is 6.39. The molecular formula is C21H13N3OS. The highest BCUT2D eigenvalue weighted by molar-refractivity contribution is 7.08. The van der Waals surface area contributed by atoms with Crippen molar-refractivity contribution >= 4 is 11.3 Å². The lowest BCUT2D eigenvalue weighted by Crippen LogP contribution is -1.98. The van der Waals surface area contributed by atoms with Gasteiger partial charge in [0.15, 0.2) is 5.75 Å². The molecule has 5 heteroatoms. The molecule has 3 aromatic heterocycles. The van der Waals surface area contributed by atoms with Gasteiger partial charge in [-0.25, -0.2) is 4.98 Å². The second kappa shape index (κ2) is 6.79. The fourth-order valence-electron chi connectivity index (χ4n) is 2.91. The summed E-state index contributed by atoms with van der Waals surface area (Å²) in [6, 6.07) is 19.0. The van der Waals surface area contributed by atoms with Crippen molar-refractivity contribution in [3.63, 3.8) is 0 Å². The third-order valence-corrected chi connectivity index (χ3v) is 4.74. The molecule has 0 atom stereocenters. The highest BCUT2D eigenvalue weighted by Crippen LogP contribution is 2.44. The van der Waals surface area contributed by atoms with E-state index in [4.69, 9.17) is 0 Å². The lowest BCUT2D eigenvalue weighted by molar-refractivity contribution is 0.477. The van der Waals surface area contributed by atoms with Gasteiger partial charge in [-0.3, -0.25) is 4.98 Å². The van der Waals surface area contributed by atoms with Gasteiger partial charge in [0, 0.05) is 17.3 Å². The van der Waals surface area contributed by atoms with Crippen LogP contribution in [-0.4, -0.2) is 15.1 Å². The summed E-state index contributed by atoms with van der Waals surface area (Å²) in [6.45, 7) is 0. The van der Waals surface area contributed by atoms with Crippen molar-refractivity contribution in [1.82, 2.24) is 9.97 Å². The number of nitrogens with zero attached hydrogens (tertiary/aromatic N) is 3. The molecule has 0 radical (unpaired) electrons. The Morgan fingerprint density at radius 2 is 1.73 bits per heavy atom. The lowest BCUT2D eigenvalue weighted by atomic mass is 9.93. The summed E-state index contributed by atoms with van der Waals surface area (Å²) in [7, 11) is 0. The Morgan fingerprint density at radius 3 is 2.38 bits per heavy atom. The first kappa shape index (κ1) is 16.0. The van der Waals surface area contributed by atoms with E-state index in [9.17, 15) is 10.4 Å². The number of hydrogen-bond donors (Lipinski definition) is 1. The van der Waals surface area contributed by atoms with E-state index in [1.54, 1.807) is 18.3 Å². The number of pyridine rings is 2. The normalized spacial score (nSPS) is 10.4. The molecule has 0 unspecified atom stereocenters. The summed E-state index contributed by atoms with van der Waals surface area (Å²) in [5.41, 5.74) is 4.01. The van der Waals surface area contributed by atoms with Crippen LogP contribution in [0.5, 0.6) is 5.75 Å². The SMILES string of the molecule is N#Cc1nc(-c2ccccn2)c(O)c(-c2ccsc2)c1-c1ccccc1. The van der Waals surface area contributed by atoms with E-state index >= 15 is 0 Å². The molecule has 0 aliphatic rings. The highest BCUT2D eigenvalue weighted by Gasteiger charge is 2.23. The average molecular weight is 355 g/mol. The zero-order valence-electron chi connectivity index (χ0n) is 13.6. The molecule has 1 N–H and O–H groups in total. The van der Waals surface area contributed by atoms with Crippen LogP contribution in [-0.2, 0) is 0 Å². The molecule has 0 bridgehead atoms. The van der Waals surface area contributed by atoms with E-state index in [0.29, 0.717) is 22.5 Å². The predicted molar refractivity (Wildman–Crippen MR) is 103 cm³/mol. The fraction of sp³-hybridized carbons (Fsp3) is 0. The number of rotatable bonds is 3. The van der Waals surface area contributed by atoms with E-state index in [2.05, 4.69) is 16.0 Å². The Bertz CT molecular complexity index is 1090. The van der Waals surface area contributed by atoms with Crippen molar-refractivity contribution in [3.8, 4) is 45.5 Å². The van der Waals surface area contributed by atoms with Crippen LogP contribution >= 0.6 is 11.3 Å². The van der Waals surface area contributed by atoms with Crippen LogP contribution in [0, 0.1) is 11.3 Å². The van der Waals surface area contributed by atoms with Gasteiger partial charge in [0.1, 0.15) is 17.5 Å². The van der Waals surface area contributed by atoms with Crippen LogP contribution in [0.15, 0.2) is 71.6 Å². The summed E-state index contributed by atoms with van der Waals surface area (Å²) < 4.78 is 0. The van der Waals surface area contributed by atoms with Gasteiger partial charge in [-0.2, -0.15) is 16.6 Å². The van der Waals surface area contributed by atoms with Crippen molar-refractivity contribution < 1.29 is 5.11 Å². The summed E-state index contributed by atoms with van der Waals surface area (Å²) >= 11 is 1.53. The second-order valence-electron chi connectivity index (χ2n) is 5.61. The Morgan fingerprint density at radius 1 is 0.923 bits per heavy atom. The minimum Gasteiger partial charge on any atom is -0.505 e. The topological polar surface area (TPSA) is 69.8 Å². The van der Waals surface area contributed by atoms with E-state index in [0.717, 1.165) is 11.1 Å². The van der Waals surface area contributed by atoms with Crippen LogP contribution in [0.4, 0.5) is 0 Å². The number of benzene rings is 1. The van der Waals surface area contributed by atoms with Crippen molar-refractivity contribution in [1.29, 1.82) is 5.26 Å². The van der Waals surface area contributed by atoms with Gasteiger partial charge >= 0.3 is 0 Å². The van der Waals surface area contributed by atoms with Gasteiger partial charge in [0.2, 0.25) is 0 Å². The fourth-order valence-corrected chi connectivity index (χ4v) is 3.56. The predicted octanol–water partition coefficient (Wildman–Crippen LogP) is 5.12. The molecule has 0 aliphatic carbocycles. The quantitative estimate of drug-likeness (QED) is 0.554. The smallest absolute Gasteiger partial charge is 0.152 e. The molecule has 4 nitrogen and oxygen atoms in total. The molecule has 26 heavy (non-hydrogen) atoms. The molecule has 3 heterocycles. The van der Waals surface area contributed by atoms with Gasteiger partial charge in [0.05, 0.1) is 5.69 Å². The molecule has 4 rings (SSSR count). The van der Waals surface area contributed by atoms with Crippen LogP contribution in [0.2, 0.25) is 0 Å². The Labute approximate surface area is 154 Å². The molecule has 1 aromatic carbocycles. The average Bonchev–Trinajstić information content (AvgIpc) is 3.23. The molecule has 0 saturated heterocycles. The van der Waals surface area contributed by atoms with Crippen LogP contribution in [0.3, 0.4) is 0 Å². The van der Waals surface area contributed by atoms with Gasteiger partial charge in [-0.15, -0.1) is 0 Å². The lowest BCUT2D eigenvalue weighted by Gasteiger charge is -2.15. The number of aromatic nitrogens is 2. The summed E-state index contributed by atoms with van der Waals surface area (Å²) in [4.78, 5) is 8.72. The minimum absolute atomic E-state index is 0.0277. The summed E-state index contributed by atoms with van der Waals surface area (Å²) in [5, 5.41) is 24.7. The van der Waals surface area contributed by atoms with E-state index in [-0.39, 0.29) is 11.4 Å². The summed E-state index contributed by atoms with van der Waals surface area (Å²) in [6.07, 6.45) is 1.64. The van der Waals surface area contributed by atoms with Gasteiger partial charge < -0.3 is 5.11 Å². The first-order valence-electron chi connectivity index (χ1n) is 7.96. The Kier molecular flexibility index (Phi) is 4.18. The maximum atomic E-state index is 11.1. The monoisotopic (exact) mass is 355 g/mol. The van der Waals surface area contributed by atoms with Crippen molar-refractivity contribution in [2.45, 2.75) is 0 Å². The van der Waals surface area contributed by atoms with Crippen LogP contribution in [0.25, 0.3) is 33.6 Å².